The minimum Gasteiger partial charge on any atom is -0.385 e. The summed E-state index contributed by atoms with van der Waals surface area (Å²) in [7, 11) is 1.65. The third kappa shape index (κ3) is 2.72. The van der Waals surface area contributed by atoms with E-state index in [2.05, 4.69) is 21.2 Å². The lowest BCUT2D eigenvalue weighted by Crippen LogP contribution is -2.17. The fourth-order valence-electron chi connectivity index (χ4n) is 0.228. The first-order valence-electron chi connectivity index (χ1n) is 2.17. The molecule has 0 atom stereocenters. The molecular weight excluding hydrogens is 205 g/mol. The summed E-state index contributed by atoms with van der Waals surface area (Å²) in [5.41, 5.74) is 5.31. The van der Waals surface area contributed by atoms with Gasteiger partial charge in [-0.2, -0.15) is 0 Å². The molecule has 9 heavy (non-hydrogen) atoms. The van der Waals surface area contributed by atoms with E-state index in [9.17, 15) is 0 Å². The van der Waals surface area contributed by atoms with Crippen LogP contribution in [0.15, 0.2) is 10.3 Å². The standard InChI is InChI=1S/C4H7BrClN3/c1-9-4(8)2(5)3(6)7/h7,9H,8H2,1H3/b4-2+,7-3?. The van der Waals surface area contributed by atoms with Crippen LogP contribution in [-0.2, 0) is 0 Å². The molecule has 0 aliphatic carbocycles. The van der Waals surface area contributed by atoms with Gasteiger partial charge in [0.25, 0.3) is 0 Å². The van der Waals surface area contributed by atoms with Crippen LogP contribution < -0.4 is 11.1 Å². The topological polar surface area (TPSA) is 61.9 Å². The predicted octanol–water partition coefficient (Wildman–Crippen LogP) is 0.945. The molecule has 0 aliphatic rings. The first kappa shape index (κ1) is 8.78. The normalized spacial score (nSPS) is 12.3. The number of halogens is 2. The van der Waals surface area contributed by atoms with Crippen molar-refractivity contribution in [2.45, 2.75) is 0 Å². The molecule has 0 saturated carbocycles. The second kappa shape index (κ2) is 3.74. The van der Waals surface area contributed by atoms with Gasteiger partial charge in [-0.05, 0) is 15.9 Å². The van der Waals surface area contributed by atoms with Crippen LogP contribution in [0.5, 0.6) is 0 Å². The summed E-state index contributed by atoms with van der Waals surface area (Å²) in [4.78, 5) is 0. The van der Waals surface area contributed by atoms with Crippen molar-refractivity contribution >= 4 is 32.7 Å². The van der Waals surface area contributed by atoms with Gasteiger partial charge in [0.15, 0.2) is 0 Å². The molecule has 4 N–H and O–H groups in total. The molecule has 52 valence electrons. The number of allylic oxidation sites excluding steroid dienone is 1. The fourth-order valence-corrected chi connectivity index (χ4v) is 0.528. The Hall–Kier alpha value is -0.220. The minimum absolute atomic E-state index is 0.109. The van der Waals surface area contributed by atoms with Crippen molar-refractivity contribution in [2.24, 2.45) is 5.73 Å². The lowest BCUT2D eigenvalue weighted by atomic mass is 10.6. The van der Waals surface area contributed by atoms with Gasteiger partial charge in [-0.3, -0.25) is 5.41 Å². The van der Waals surface area contributed by atoms with Crippen molar-refractivity contribution in [3.05, 3.63) is 10.3 Å². The number of nitrogens with two attached hydrogens (primary N) is 1. The number of nitrogens with one attached hydrogen (secondary N) is 2. The molecule has 3 nitrogen and oxygen atoms in total. The van der Waals surface area contributed by atoms with Gasteiger partial charge in [-0.1, -0.05) is 11.6 Å². The molecule has 0 fully saturated rings. The smallest absolute Gasteiger partial charge is 0.138 e. The Bertz CT molecular complexity index is 154. The molecule has 0 aromatic carbocycles. The van der Waals surface area contributed by atoms with Crippen LogP contribution in [0, 0.1) is 5.41 Å². The second-order valence-corrected chi connectivity index (χ2v) is 2.46. The minimum atomic E-state index is -0.109. The molecule has 0 aromatic heterocycles. The Morgan fingerprint density at radius 1 is 1.78 bits per heavy atom. The summed E-state index contributed by atoms with van der Waals surface area (Å²) >= 11 is 8.26. The van der Waals surface area contributed by atoms with Crippen LogP contribution in [0.2, 0.25) is 0 Å². The van der Waals surface area contributed by atoms with Crippen LogP contribution in [0.25, 0.3) is 0 Å². The van der Waals surface area contributed by atoms with E-state index >= 15 is 0 Å². The van der Waals surface area contributed by atoms with Crippen LogP contribution in [-0.4, -0.2) is 12.2 Å². The lowest BCUT2D eigenvalue weighted by molar-refractivity contribution is 0.965. The van der Waals surface area contributed by atoms with E-state index in [0.717, 1.165) is 0 Å². The quantitative estimate of drug-likeness (QED) is 0.597. The van der Waals surface area contributed by atoms with Gasteiger partial charge in [0.05, 0.1) is 4.48 Å². The molecule has 5 heteroatoms. The number of hydrogen-bond donors (Lipinski definition) is 3. The van der Waals surface area contributed by atoms with Gasteiger partial charge >= 0.3 is 0 Å². The van der Waals surface area contributed by atoms with Crippen molar-refractivity contribution in [2.75, 3.05) is 7.05 Å². The van der Waals surface area contributed by atoms with E-state index < -0.39 is 0 Å². The highest BCUT2D eigenvalue weighted by molar-refractivity contribution is 9.12. The molecule has 0 spiro atoms. The highest BCUT2D eigenvalue weighted by Crippen LogP contribution is 2.09. The molecule has 0 heterocycles. The highest BCUT2D eigenvalue weighted by atomic mass is 79.9. The fraction of sp³-hybridized carbons (Fsp3) is 0.250. The summed E-state index contributed by atoms with van der Waals surface area (Å²) in [6.07, 6.45) is 0. The Kier molecular flexibility index (Phi) is 3.65. The van der Waals surface area contributed by atoms with Crippen molar-refractivity contribution < 1.29 is 0 Å². The first-order chi connectivity index (χ1) is 4.09. The Morgan fingerprint density at radius 3 is 2.33 bits per heavy atom. The molecule has 0 unspecified atom stereocenters. The molecule has 0 aliphatic heterocycles. The van der Waals surface area contributed by atoms with Crippen LogP contribution in [0.4, 0.5) is 0 Å². The van der Waals surface area contributed by atoms with Gasteiger partial charge in [-0.25, -0.2) is 0 Å². The van der Waals surface area contributed by atoms with E-state index in [1.54, 1.807) is 7.05 Å². The van der Waals surface area contributed by atoms with Crippen LogP contribution in [0.1, 0.15) is 0 Å². The van der Waals surface area contributed by atoms with Crippen LogP contribution in [0.3, 0.4) is 0 Å². The molecule has 0 aromatic rings. The zero-order valence-corrected chi connectivity index (χ0v) is 7.18. The molecule has 0 radical (unpaired) electrons. The SMILES string of the molecule is CN/C(N)=C(/Br)C(=N)Cl. The summed E-state index contributed by atoms with van der Waals surface area (Å²) in [5.74, 6) is 0.356. The van der Waals surface area contributed by atoms with E-state index in [1.807, 2.05) is 0 Å². The summed E-state index contributed by atoms with van der Waals surface area (Å²) in [5, 5.41) is 9.40. The highest BCUT2D eigenvalue weighted by Gasteiger charge is 2.00. The van der Waals surface area contributed by atoms with Gasteiger partial charge in [0, 0.05) is 7.05 Å². The maximum absolute atomic E-state index is 6.87. The zero-order chi connectivity index (χ0) is 7.44. The third-order valence-corrected chi connectivity index (χ3v) is 1.94. The van der Waals surface area contributed by atoms with Gasteiger partial charge in [-0.15, -0.1) is 0 Å². The summed E-state index contributed by atoms with van der Waals surface area (Å²) < 4.78 is 0.381. The molecule has 0 amide bonds. The van der Waals surface area contributed by atoms with Crippen molar-refractivity contribution in [3.63, 3.8) is 0 Å². The predicted molar refractivity (Wildman–Crippen MR) is 42.8 cm³/mol. The summed E-state index contributed by atoms with van der Waals surface area (Å²) in [6.45, 7) is 0. The Labute approximate surface area is 66.9 Å². The van der Waals surface area contributed by atoms with E-state index in [-0.39, 0.29) is 5.17 Å². The molecule has 0 rings (SSSR count). The van der Waals surface area contributed by atoms with Gasteiger partial charge < -0.3 is 11.1 Å². The van der Waals surface area contributed by atoms with Crippen molar-refractivity contribution in [1.29, 1.82) is 5.41 Å². The monoisotopic (exact) mass is 211 g/mol. The Balaban J connectivity index is 4.28. The lowest BCUT2D eigenvalue weighted by Gasteiger charge is -2.00. The average Bonchev–Trinajstić information content (AvgIpc) is 1.84. The van der Waals surface area contributed by atoms with E-state index in [4.69, 9.17) is 22.7 Å². The molecular formula is C4H7BrClN3. The Morgan fingerprint density at radius 2 is 2.22 bits per heavy atom. The van der Waals surface area contributed by atoms with Crippen molar-refractivity contribution in [1.82, 2.24) is 5.32 Å². The first-order valence-corrected chi connectivity index (χ1v) is 3.34. The van der Waals surface area contributed by atoms with Gasteiger partial charge in [0.2, 0.25) is 0 Å². The number of hydrogen-bond acceptors (Lipinski definition) is 3. The largest absolute Gasteiger partial charge is 0.385 e. The maximum Gasteiger partial charge on any atom is 0.138 e. The van der Waals surface area contributed by atoms with Gasteiger partial charge in [0.1, 0.15) is 11.0 Å². The molecule has 0 bridgehead atoms. The third-order valence-electron chi connectivity index (χ3n) is 0.699. The van der Waals surface area contributed by atoms with E-state index in [0.29, 0.717) is 10.3 Å². The van der Waals surface area contributed by atoms with E-state index in [1.165, 1.54) is 0 Å². The maximum atomic E-state index is 6.87. The average molecular weight is 212 g/mol. The van der Waals surface area contributed by atoms with Crippen molar-refractivity contribution in [3.8, 4) is 0 Å². The number of rotatable bonds is 2. The molecule has 0 saturated heterocycles. The zero-order valence-electron chi connectivity index (χ0n) is 4.83. The second-order valence-electron chi connectivity index (χ2n) is 1.29. The van der Waals surface area contributed by atoms with Crippen LogP contribution >= 0.6 is 27.5 Å². The summed E-state index contributed by atoms with van der Waals surface area (Å²) in [6, 6.07) is 0.